The Balaban J connectivity index is 1.69. The van der Waals surface area contributed by atoms with Crippen molar-refractivity contribution in [1.29, 1.82) is 0 Å². The summed E-state index contributed by atoms with van der Waals surface area (Å²) >= 11 is 5.97. The van der Waals surface area contributed by atoms with Crippen LogP contribution in [0.4, 0.5) is 0 Å². The summed E-state index contributed by atoms with van der Waals surface area (Å²) in [6.07, 6.45) is 1.67. The number of carbonyl (C=O) groups is 2. The van der Waals surface area contributed by atoms with E-state index < -0.39 is 5.97 Å². The number of esters is 1. The van der Waals surface area contributed by atoms with Gasteiger partial charge in [-0.3, -0.25) is 19.1 Å². The number of benzene rings is 2. The van der Waals surface area contributed by atoms with Gasteiger partial charge >= 0.3 is 5.97 Å². The molecule has 0 atom stereocenters. The Morgan fingerprint density at radius 1 is 1.06 bits per heavy atom. The van der Waals surface area contributed by atoms with Crippen molar-refractivity contribution in [2.24, 2.45) is 0 Å². The number of fused-ring (bicyclic) bond motifs is 1. The van der Waals surface area contributed by atoms with Crippen molar-refractivity contribution in [2.45, 2.75) is 20.0 Å². The quantitative estimate of drug-likeness (QED) is 0.389. The lowest BCUT2D eigenvalue weighted by Crippen LogP contribution is -2.14. The molecule has 0 unspecified atom stereocenters. The summed E-state index contributed by atoms with van der Waals surface area (Å²) in [7, 11) is 1.57. The normalized spacial score (nSPS) is 10.8. The van der Waals surface area contributed by atoms with E-state index in [0.717, 1.165) is 5.39 Å². The Labute approximate surface area is 190 Å². The molecule has 0 aliphatic carbocycles. The monoisotopic (exact) mass is 448 g/mol. The van der Waals surface area contributed by atoms with Gasteiger partial charge in [0, 0.05) is 27.9 Å². The molecule has 162 valence electrons. The third kappa shape index (κ3) is 4.36. The average Bonchev–Trinajstić information content (AvgIpc) is 3.08. The third-order valence-electron chi connectivity index (χ3n) is 5.26. The van der Waals surface area contributed by atoms with E-state index in [4.69, 9.17) is 21.1 Å². The summed E-state index contributed by atoms with van der Waals surface area (Å²) in [6.45, 7) is 1.91. The molecule has 2 aromatic carbocycles. The molecule has 32 heavy (non-hydrogen) atoms. The zero-order valence-corrected chi connectivity index (χ0v) is 18.4. The summed E-state index contributed by atoms with van der Waals surface area (Å²) in [5, 5.41) is 1.32. The number of hydrogen-bond donors (Lipinski definition) is 0. The number of ether oxygens (including phenoxy) is 2. The van der Waals surface area contributed by atoms with Crippen molar-refractivity contribution in [3.8, 4) is 5.75 Å². The molecule has 0 saturated heterocycles. The van der Waals surface area contributed by atoms with Crippen molar-refractivity contribution in [1.82, 2.24) is 9.55 Å². The van der Waals surface area contributed by atoms with E-state index in [9.17, 15) is 9.59 Å². The molecule has 4 rings (SSSR count). The van der Waals surface area contributed by atoms with E-state index >= 15 is 0 Å². The minimum Gasteiger partial charge on any atom is -0.497 e. The van der Waals surface area contributed by atoms with Gasteiger partial charge < -0.3 is 9.47 Å². The predicted octanol–water partition coefficient (Wildman–Crippen LogP) is 4.98. The fourth-order valence-corrected chi connectivity index (χ4v) is 3.76. The van der Waals surface area contributed by atoms with Gasteiger partial charge in [-0.15, -0.1) is 0 Å². The van der Waals surface area contributed by atoms with Gasteiger partial charge in [-0.1, -0.05) is 17.7 Å². The molecule has 0 aliphatic rings. The van der Waals surface area contributed by atoms with Crippen LogP contribution in [0.2, 0.25) is 5.02 Å². The van der Waals surface area contributed by atoms with Crippen LogP contribution in [0.15, 0.2) is 66.9 Å². The van der Waals surface area contributed by atoms with E-state index in [1.54, 1.807) is 60.3 Å². The number of nitrogens with zero attached hydrogens (tertiary/aromatic N) is 2. The molecule has 0 amide bonds. The Bertz CT molecular complexity index is 1280. The zero-order valence-electron chi connectivity index (χ0n) is 17.7. The Hall–Kier alpha value is -3.64. The third-order valence-corrected chi connectivity index (χ3v) is 5.52. The highest BCUT2D eigenvalue weighted by Crippen LogP contribution is 2.31. The van der Waals surface area contributed by atoms with Gasteiger partial charge in [0.1, 0.15) is 12.4 Å². The Kier molecular flexibility index (Phi) is 6.23. The van der Waals surface area contributed by atoms with Gasteiger partial charge in [0.25, 0.3) is 5.91 Å². The van der Waals surface area contributed by atoms with Crippen molar-refractivity contribution >= 4 is 34.4 Å². The maximum Gasteiger partial charge on any atom is 0.310 e. The minimum absolute atomic E-state index is 0.0171. The molecule has 2 heterocycles. The van der Waals surface area contributed by atoms with Crippen LogP contribution in [-0.2, 0) is 22.6 Å². The summed E-state index contributed by atoms with van der Waals surface area (Å²) < 4.78 is 12.4. The van der Waals surface area contributed by atoms with Crippen LogP contribution < -0.4 is 4.74 Å². The van der Waals surface area contributed by atoms with Gasteiger partial charge in [0.15, 0.2) is 0 Å². The van der Waals surface area contributed by atoms with E-state index in [-0.39, 0.29) is 18.9 Å². The molecule has 0 spiro atoms. The van der Waals surface area contributed by atoms with Crippen LogP contribution in [-0.4, -0.2) is 28.5 Å². The van der Waals surface area contributed by atoms with Crippen molar-refractivity contribution in [3.05, 3.63) is 94.4 Å². The van der Waals surface area contributed by atoms with Gasteiger partial charge in [0.2, 0.25) is 0 Å². The molecular weight excluding hydrogens is 428 g/mol. The summed E-state index contributed by atoms with van der Waals surface area (Å²) in [5.74, 6) is 0.0266. The number of rotatable bonds is 6. The lowest BCUT2D eigenvalue weighted by Gasteiger charge is -2.08. The number of aromatic nitrogens is 2. The zero-order chi connectivity index (χ0) is 22.7. The molecule has 0 saturated carbocycles. The first-order chi connectivity index (χ1) is 15.5. The van der Waals surface area contributed by atoms with E-state index in [1.165, 1.54) is 0 Å². The Morgan fingerprint density at radius 2 is 1.84 bits per heavy atom. The molecule has 0 fully saturated rings. The van der Waals surface area contributed by atoms with Crippen LogP contribution in [0, 0.1) is 6.92 Å². The maximum atomic E-state index is 13.3. The lowest BCUT2D eigenvalue weighted by molar-refractivity contribution is -0.144. The molecule has 0 aliphatic heterocycles. The molecule has 0 bridgehead atoms. The molecule has 2 aromatic heterocycles. The molecule has 7 heteroatoms. The van der Waals surface area contributed by atoms with Crippen LogP contribution in [0.1, 0.15) is 27.3 Å². The SMILES string of the molecule is COc1ccc2c(c1)c(CC(=O)OCc1ccccn1)c(C)n2C(=O)c1ccc(Cl)cc1. The number of pyridine rings is 1. The summed E-state index contributed by atoms with van der Waals surface area (Å²) in [4.78, 5) is 30.1. The largest absolute Gasteiger partial charge is 0.497 e. The van der Waals surface area contributed by atoms with Crippen LogP contribution >= 0.6 is 11.6 Å². The topological polar surface area (TPSA) is 70.4 Å². The first-order valence-electron chi connectivity index (χ1n) is 10.0. The fourth-order valence-electron chi connectivity index (χ4n) is 3.63. The standard InChI is InChI=1S/C25H21ClN2O4/c1-16-21(14-24(29)32-15-19-5-3-4-12-27-19)22-13-20(31-2)10-11-23(22)28(16)25(30)17-6-8-18(26)9-7-17/h3-13H,14-15H2,1-2H3. The lowest BCUT2D eigenvalue weighted by atomic mass is 10.1. The number of carbonyl (C=O) groups excluding carboxylic acids is 2. The first-order valence-corrected chi connectivity index (χ1v) is 10.4. The molecule has 4 aromatic rings. The highest BCUT2D eigenvalue weighted by Gasteiger charge is 2.22. The van der Waals surface area contributed by atoms with Gasteiger partial charge in [-0.2, -0.15) is 0 Å². The second kappa shape index (κ2) is 9.24. The highest BCUT2D eigenvalue weighted by molar-refractivity contribution is 6.30. The maximum absolute atomic E-state index is 13.3. The van der Waals surface area contributed by atoms with Crippen LogP contribution in [0.25, 0.3) is 10.9 Å². The number of methoxy groups -OCH3 is 1. The summed E-state index contributed by atoms with van der Waals surface area (Å²) in [6, 6.07) is 17.6. The summed E-state index contributed by atoms with van der Waals surface area (Å²) in [5.41, 5.74) is 3.24. The molecular formula is C25H21ClN2O4. The van der Waals surface area contributed by atoms with E-state index in [1.807, 2.05) is 25.1 Å². The predicted molar refractivity (Wildman–Crippen MR) is 122 cm³/mol. The van der Waals surface area contributed by atoms with Crippen molar-refractivity contribution < 1.29 is 19.1 Å². The van der Waals surface area contributed by atoms with Crippen molar-refractivity contribution in [3.63, 3.8) is 0 Å². The van der Waals surface area contributed by atoms with E-state index in [2.05, 4.69) is 4.98 Å². The van der Waals surface area contributed by atoms with Crippen molar-refractivity contribution in [2.75, 3.05) is 7.11 Å². The fraction of sp³-hybridized carbons (Fsp3) is 0.160. The average molecular weight is 449 g/mol. The number of hydrogen-bond acceptors (Lipinski definition) is 5. The number of halogens is 1. The smallest absolute Gasteiger partial charge is 0.310 e. The molecule has 6 nitrogen and oxygen atoms in total. The second-order valence-electron chi connectivity index (χ2n) is 7.25. The van der Waals surface area contributed by atoms with E-state index in [0.29, 0.717) is 38.8 Å². The second-order valence-corrected chi connectivity index (χ2v) is 7.69. The Morgan fingerprint density at radius 3 is 2.53 bits per heavy atom. The first kappa shape index (κ1) is 21.6. The molecule has 0 N–H and O–H groups in total. The van der Waals surface area contributed by atoms with Gasteiger partial charge in [-0.25, -0.2) is 0 Å². The van der Waals surface area contributed by atoms with Crippen LogP contribution in [0.5, 0.6) is 5.75 Å². The molecule has 0 radical (unpaired) electrons. The van der Waals surface area contributed by atoms with Gasteiger partial charge in [0.05, 0.1) is 24.7 Å². The minimum atomic E-state index is -0.403. The van der Waals surface area contributed by atoms with Gasteiger partial charge in [-0.05, 0) is 67.1 Å². The van der Waals surface area contributed by atoms with Crippen LogP contribution in [0.3, 0.4) is 0 Å². The highest BCUT2D eigenvalue weighted by atomic mass is 35.5.